The Kier molecular flexibility index (Phi) is 7.24. The topological polar surface area (TPSA) is 34.5 Å². The summed E-state index contributed by atoms with van der Waals surface area (Å²) in [6.07, 6.45) is -3.64. The van der Waals surface area contributed by atoms with E-state index in [1.165, 1.54) is 24.0 Å². The van der Waals surface area contributed by atoms with Crippen LogP contribution in [0.25, 0.3) is 11.1 Å². The molecular weight excluding hydrogens is 484 g/mol. The highest BCUT2D eigenvalue weighted by molar-refractivity contribution is 6.30. The van der Waals surface area contributed by atoms with Crippen molar-refractivity contribution in [1.29, 1.82) is 0 Å². The summed E-state index contributed by atoms with van der Waals surface area (Å²) in [5.41, 5.74) is -0.986. The lowest BCUT2D eigenvalue weighted by Crippen LogP contribution is -2.41. The van der Waals surface area contributed by atoms with Crippen LogP contribution in [0.15, 0.2) is 48.5 Å². The van der Waals surface area contributed by atoms with Gasteiger partial charge >= 0.3 is 6.18 Å². The first-order valence-electron chi connectivity index (χ1n) is 11.2. The van der Waals surface area contributed by atoms with Crippen molar-refractivity contribution < 1.29 is 27.1 Å². The minimum atomic E-state index is -4.77. The first kappa shape index (κ1) is 25.3. The molecule has 0 aliphatic carbocycles. The van der Waals surface area contributed by atoms with Crippen LogP contribution in [0.3, 0.4) is 0 Å². The average Bonchev–Trinajstić information content (AvgIpc) is 3.11. The summed E-state index contributed by atoms with van der Waals surface area (Å²) in [6.45, 7) is 1.99. The van der Waals surface area contributed by atoms with E-state index >= 15 is 4.39 Å². The van der Waals surface area contributed by atoms with E-state index in [1.807, 2.05) is 0 Å². The monoisotopic (exact) mass is 508 g/mol. The highest BCUT2D eigenvalue weighted by atomic mass is 35.5. The van der Waals surface area contributed by atoms with Crippen molar-refractivity contribution in [2.24, 2.45) is 0 Å². The molecular formula is C26H25ClF4N2O2. The maximum Gasteiger partial charge on any atom is 0.431 e. The summed E-state index contributed by atoms with van der Waals surface area (Å²) in [6, 6.07) is 12.1. The van der Waals surface area contributed by atoms with Crippen LogP contribution in [0.1, 0.15) is 40.2 Å². The Morgan fingerprint density at radius 2 is 1.80 bits per heavy atom. The second-order valence-corrected chi connectivity index (χ2v) is 9.09. The van der Waals surface area contributed by atoms with Crippen LogP contribution in [0.5, 0.6) is 0 Å². The standard InChI is InChI=1S/C26H25ClF4N2O2/c1-16-22(20-9-8-18(27)14-21(20)28)23(25(34)32(2)19-10-12-35-13-11-19)33(24(16)26(29,30)31)15-17-6-4-3-5-7-17/h3-9,14,19H,10-13,15H2,1-2H3. The van der Waals surface area contributed by atoms with Gasteiger partial charge in [0.25, 0.3) is 5.91 Å². The minimum absolute atomic E-state index is 0.0775. The summed E-state index contributed by atoms with van der Waals surface area (Å²) in [5.74, 6) is -1.40. The van der Waals surface area contributed by atoms with Crippen molar-refractivity contribution in [2.45, 2.75) is 38.5 Å². The Bertz CT molecular complexity index is 1220. The molecule has 1 amide bonds. The Morgan fingerprint density at radius 1 is 1.14 bits per heavy atom. The molecule has 1 fully saturated rings. The molecule has 9 heteroatoms. The van der Waals surface area contributed by atoms with Crippen molar-refractivity contribution in [3.05, 3.63) is 81.9 Å². The average molecular weight is 509 g/mol. The van der Waals surface area contributed by atoms with Crippen molar-refractivity contribution in [1.82, 2.24) is 9.47 Å². The first-order valence-corrected chi connectivity index (χ1v) is 11.6. The number of hydrogen-bond acceptors (Lipinski definition) is 2. The number of halogens is 5. The number of carbonyl (C=O) groups excluding carboxylic acids is 1. The molecule has 2 aromatic carbocycles. The van der Waals surface area contributed by atoms with Crippen LogP contribution >= 0.6 is 11.6 Å². The van der Waals surface area contributed by atoms with Crippen molar-refractivity contribution in [3.8, 4) is 11.1 Å². The molecule has 0 unspecified atom stereocenters. The van der Waals surface area contributed by atoms with Gasteiger partial charge in [0, 0.05) is 49.0 Å². The van der Waals surface area contributed by atoms with Gasteiger partial charge in [-0.05, 0) is 49.1 Å². The van der Waals surface area contributed by atoms with Gasteiger partial charge < -0.3 is 14.2 Å². The van der Waals surface area contributed by atoms with Crippen LogP contribution in [0, 0.1) is 12.7 Å². The van der Waals surface area contributed by atoms with E-state index in [9.17, 15) is 18.0 Å². The molecule has 0 N–H and O–H groups in total. The Hall–Kier alpha value is -2.84. The number of nitrogens with zero attached hydrogens (tertiary/aromatic N) is 2. The molecule has 35 heavy (non-hydrogen) atoms. The SMILES string of the molecule is Cc1c(-c2ccc(Cl)cc2F)c(C(=O)N(C)C2CCOCC2)n(Cc2ccccc2)c1C(F)(F)F. The molecule has 1 aliphatic heterocycles. The summed E-state index contributed by atoms with van der Waals surface area (Å²) in [4.78, 5) is 15.3. The van der Waals surface area contributed by atoms with Gasteiger partial charge in [-0.15, -0.1) is 0 Å². The smallest absolute Gasteiger partial charge is 0.381 e. The van der Waals surface area contributed by atoms with Crippen LogP contribution in [-0.2, 0) is 17.5 Å². The molecule has 0 radical (unpaired) electrons. The predicted molar refractivity (Wildman–Crippen MR) is 126 cm³/mol. The predicted octanol–water partition coefficient (Wildman–Crippen LogP) is 6.57. The van der Waals surface area contributed by atoms with Crippen molar-refractivity contribution >= 4 is 17.5 Å². The van der Waals surface area contributed by atoms with E-state index in [2.05, 4.69) is 0 Å². The summed E-state index contributed by atoms with van der Waals surface area (Å²) < 4.78 is 64.7. The summed E-state index contributed by atoms with van der Waals surface area (Å²) >= 11 is 5.90. The van der Waals surface area contributed by atoms with E-state index in [0.29, 0.717) is 31.6 Å². The minimum Gasteiger partial charge on any atom is -0.381 e. The molecule has 1 aliphatic rings. The zero-order valence-electron chi connectivity index (χ0n) is 19.3. The van der Waals surface area contributed by atoms with Gasteiger partial charge in [0.15, 0.2) is 0 Å². The third kappa shape index (κ3) is 5.09. The highest BCUT2D eigenvalue weighted by Crippen LogP contribution is 2.43. The maximum atomic E-state index is 15.1. The normalized spacial score (nSPS) is 14.8. The third-order valence-electron chi connectivity index (χ3n) is 6.42. The van der Waals surface area contributed by atoms with Gasteiger partial charge in [-0.3, -0.25) is 4.79 Å². The highest BCUT2D eigenvalue weighted by Gasteiger charge is 2.42. The first-order chi connectivity index (χ1) is 16.6. The van der Waals surface area contributed by atoms with Gasteiger partial charge in [-0.25, -0.2) is 4.39 Å². The molecule has 186 valence electrons. The third-order valence-corrected chi connectivity index (χ3v) is 6.66. The second-order valence-electron chi connectivity index (χ2n) is 8.65. The lowest BCUT2D eigenvalue weighted by atomic mass is 9.99. The molecule has 1 aromatic heterocycles. The Labute approximate surface area is 206 Å². The van der Waals surface area contributed by atoms with E-state index in [-0.39, 0.29) is 40.0 Å². The number of ether oxygens (including phenoxy) is 1. The second kappa shape index (κ2) is 10.0. The van der Waals surface area contributed by atoms with E-state index in [0.717, 1.165) is 10.6 Å². The number of aromatic nitrogens is 1. The van der Waals surface area contributed by atoms with Gasteiger partial charge in [0.05, 0.1) is 0 Å². The number of rotatable bonds is 5. The molecule has 0 saturated carbocycles. The molecule has 4 rings (SSSR count). The molecule has 4 nitrogen and oxygen atoms in total. The van der Waals surface area contributed by atoms with Crippen LogP contribution in [-0.4, -0.2) is 41.7 Å². The summed E-state index contributed by atoms with van der Waals surface area (Å²) in [5, 5.41) is 0.107. The fourth-order valence-corrected chi connectivity index (χ4v) is 4.84. The van der Waals surface area contributed by atoms with Crippen LogP contribution in [0.2, 0.25) is 5.02 Å². The number of amides is 1. The lowest BCUT2D eigenvalue weighted by Gasteiger charge is -2.32. The van der Waals surface area contributed by atoms with Gasteiger partial charge in [-0.2, -0.15) is 13.2 Å². The number of alkyl halides is 3. The largest absolute Gasteiger partial charge is 0.431 e. The van der Waals surface area contributed by atoms with Gasteiger partial charge in [0.1, 0.15) is 17.2 Å². The number of carbonyl (C=O) groups is 1. The van der Waals surface area contributed by atoms with Gasteiger partial charge in [0.2, 0.25) is 0 Å². The van der Waals surface area contributed by atoms with Crippen molar-refractivity contribution in [2.75, 3.05) is 20.3 Å². The fraction of sp³-hybridized carbons (Fsp3) is 0.346. The van der Waals surface area contributed by atoms with Crippen LogP contribution < -0.4 is 0 Å². The quantitative estimate of drug-likeness (QED) is 0.365. The molecule has 2 heterocycles. The van der Waals surface area contributed by atoms with E-state index in [1.54, 1.807) is 37.4 Å². The van der Waals surface area contributed by atoms with E-state index < -0.39 is 23.6 Å². The Morgan fingerprint density at radius 3 is 2.40 bits per heavy atom. The molecule has 1 saturated heterocycles. The fourth-order valence-electron chi connectivity index (χ4n) is 4.68. The van der Waals surface area contributed by atoms with E-state index in [4.69, 9.17) is 16.3 Å². The zero-order chi connectivity index (χ0) is 25.3. The van der Waals surface area contributed by atoms with Crippen molar-refractivity contribution in [3.63, 3.8) is 0 Å². The number of benzene rings is 2. The molecule has 0 bridgehead atoms. The molecule has 0 atom stereocenters. The maximum absolute atomic E-state index is 15.1. The van der Waals surface area contributed by atoms with Crippen LogP contribution in [0.4, 0.5) is 17.6 Å². The number of hydrogen-bond donors (Lipinski definition) is 0. The lowest BCUT2D eigenvalue weighted by molar-refractivity contribution is -0.143. The summed E-state index contributed by atoms with van der Waals surface area (Å²) in [7, 11) is 1.57. The van der Waals surface area contributed by atoms with Gasteiger partial charge in [-0.1, -0.05) is 41.9 Å². The Balaban J connectivity index is 1.98. The zero-order valence-corrected chi connectivity index (χ0v) is 20.1. The molecule has 0 spiro atoms. The molecule has 3 aromatic rings.